The van der Waals surface area contributed by atoms with E-state index in [2.05, 4.69) is 15.6 Å². The summed E-state index contributed by atoms with van der Waals surface area (Å²) in [5.41, 5.74) is 0.646. The Labute approximate surface area is 202 Å². The molecule has 0 bridgehead atoms. The standard InChI is InChI=1S/C25H28N4O4S/c30-22(16-27-24(31)21-9-5-15-34-21)29(17-20-8-4-14-33-20)23(18-10-12-26-13-11-18)25(32)28-19-6-2-1-3-7-19/h4-5,8-15,19,23H,1-3,6-7,16-17H2,(H,27,31)(H,28,32)/t23-/m0/s1. The van der Waals surface area contributed by atoms with Crippen molar-refractivity contribution in [3.63, 3.8) is 0 Å². The van der Waals surface area contributed by atoms with Crippen molar-refractivity contribution in [2.45, 2.75) is 50.7 Å². The Morgan fingerprint density at radius 3 is 2.56 bits per heavy atom. The maximum Gasteiger partial charge on any atom is 0.261 e. The van der Waals surface area contributed by atoms with Crippen LogP contribution in [0.15, 0.2) is 64.9 Å². The number of aromatic nitrogens is 1. The summed E-state index contributed by atoms with van der Waals surface area (Å²) in [4.78, 5) is 45.5. The van der Waals surface area contributed by atoms with Crippen molar-refractivity contribution in [3.05, 3.63) is 76.6 Å². The lowest BCUT2D eigenvalue weighted by atomic mass is 9.94. The molecule has 3 aromatic rings. The van der Waals surface area contributed by atoms with Gasteiger partial charge in [-0.2, -0.15) is 0 Å². The molecule has 3 heterocycles. The molecule has 1 atom stereocenters. The van der Waals surface area contributed by atoms with Crippen molar-refractivity contribution in [3.8, 4) is 0 Å². The Bertz CT molecular complexity index is 1060. The number of rotatable bonds is 9. The van der Waals surface area contributed by atoms with E-state index in [-0.39, 0.29) is 36.9 Å². The Balaban J connectivity index is 1.58. The summed E-state index contributed by atoms with van der Waals surface area (Å²) in [7, 11) is 0. The molecule has 0 aromatic carbocycles. The molecule has 8 nitrogen and oxygen atoms in total. The summed E-state index contributed by atoms with van der Waals surface area (Å²) in [5.74, 6) is -0.416. The van der Waals surface area contributed by atoms with Gasteiger partial charge in [0, 0.05) is 18.4 Å². The number of nitrogens with zero attached hydrogens (tertiary/aromatic N) is 2. The largest absolute Gasteiger partial charge is 0.467 e. The molecule has 2 N–H and O–H groups in total. The SMILES string of the molecule is O=C(NCC(=O)N(Cc1ccco1)[C@H](C(=O)NC1CCCCC1)c1ccncc1)c1cccs1. The number of pyridine rings is 1. The minimum Gasteiger partial charge on any atom is -0.467 e. The van der Waals surface area contributed by atoms with Gasteiger partial charge < -0.3 is 20.0 Å². The van der Waals surface area contributed by atoms with Crippen LogP contribution >= 0.6 is 11.3 Å². The van der Waals surface area contributed by atoms with E-state index in [0.29, 0.717) is 16.2 Å². The lowest BCUT2D eigenvalue weighted by Crippen LogP contribution is -2.49. The van der Waals surface area contributed by atoms with Crippen molar-refractivity contribution >= 4 is 29.1 Å². The third-order valence-electron chi connectivity index (χ3n) is 5.91. The van der Waals surface area contributed by atoms with Gasteiger partial charge in [-0.05, 0) is 54.1 Å². The first-order chi connectivity index (χ1) is 16.6. The molecule has 9 heteroatoms. The van der Waals surface area contributed by atoms with Crippen molar-refractivity contribution in [1.29, 1.82) is 0 Å². The lowest BCUT2D eigenvalue weighted by molar-refractivity contribution is -0.141. The Morgan fingerprint density at radius 2 is 1.88 bits per heavy atom. The van der Waals surface area contributed by atoms with Crippen LogP contribution in [0.5, 0.6) is 0 Å². The van der Waals surface area contributed by atoms with Crippen LogP contribution < -0.4 is 10.6 Å². The van der Waals surface area contributed by atoms with Crippen LogP contribution in [-0.2, 0) is 16.1 Å². The van der Waals surface area contributed by atoms with Gasteiger partial charge in [0.15, 0.2) is 0 Å². The predicted octanol–water partition coefficient (Wildman–Crippen LogP) is 3.68. The highest BCUT2D eigenvalue weighted by atomic mass is 32.1. The molecule has 3 aromatic heterocycles. The van der Waals surface area contributed by atoms with Crippen LogP contribution in [-0.4, -0.2) is 40.2 Å². The maximum atomic E-state index is 13.6. The number of thiophene rings is 1. The molecular formula is C25H28N4O4S. The minimum absolute atomic E-state index is 0.0877. The second kappa shape index (κ2) is 11.6. The average molecular weight is 481 g/mol. The first-order valence-corrected chi connectivity index (χ1v) is 12.3. The molecule has 1 saturated carbocycles. The molecule has 1 aliphatic carbocycles. The molecule has 0 unspecified atom stereocenters. The fraction of sp³-hybridized carbons (Fsp3) is 0.360. The van der Waals surface area contributed by atoms with Crippen molar-refractivity contribution < 1.29 is 18.8 Å². The van der Waals surface area contributed by atoms with E-state index in [0.717, 1.165) is 25.7 Å². The number of hydrogen-bond acceptors (Lipinski definition) is 6. The molecule has 1 aliphatic rings. The zero-order chi connectivity index (χ0) is 23.8. The molecule has 3 amide bonds. The second-order valence-electron chi connectivity index (χ2n) is 8.29. The van der Waals surface area contributed by atoms with E-state index in [4.69, 9.17) is 4.42 Å². The normalized spacial score (nSPS) is 14.8. The fourth-order valence-corrected chi connectivity index (χ4v) is 4.83. The monoisotopic (exact) mass is 480 g/mol. The predicted molar refractivity (Wildman–Crippen MR) is 128 cm³/mol. The van der Waals surface area contributed by atoms with Crippen LogP contribution in [0.25, 0.3) is 0 Å². The van der Waals surface area contributed by atoms with E-state index >= 15 is 0 Å². The van der Waals surface area contributed by atoms with Crippen LogP contribution in [0.3, 0.4) is 0 Å². The molecule has 0 aliphatic heterocycles. The van der Waals surface area contributed by atoms with E-state index in [9.17, 15) is 14.4 Å². The Morgan fingerprint density at radius 1 is 1.09 bits per heavy atom. The lowest BCUT2D eigenvalue weighted by Gasteiger charge is -2.33. The van der Waals surface area contributed by atoms with Crippen LogP contribution in [0.1, 0.15) is 59.1 Å². The van der Waals surface area contributed by atoms with Gasteiger partial charge in [0.1, 0.15) is 11.8 Å². The summed E-state index contributed by atoms with van der Waals surface area (Å²) < 4.78 is 5.49. The molecule has 0 spiro atoms. The van der Waals surface area contributed by atoms with Crippen LogP contribution in [0.2, 0.25) is 0 Å². The highest BCUT2D eigenvalue weighted by molar-refractivity contribution is 7.12. The van der Waals surface area contributed by atoms with Gasteiger partial charge >= 0.3 is 0 Å². The third-order valence-corrected chi connectivity index (χ3v) is 6.77. The Kier molecular flexibility index (Phi) is 8.08. The number of furan rings is 1. The zero-order valence-electron chi connectivity index (χ0n) is 18.8. The maximum absolute atomic E-state index is 13.6. The summed E-state index contributed by atoms with van der Waals surface area (Å²) in [6.45, 7) is -0.151. The highest BCUT2D eigenvalue weighted by Gasteiger charge is 2.33. The number of carbonyl (C=O) groups excluding carboxylic acids is 3. The first kappa shape index (κ1) is 23.7. The molecule has 4 rings (SSSR count). The number of hydrogen-bond donors (Lipinski definition) is 2. The summed E-state index contributed by atoms with van der Waals surface area (Å²) in [6.07, 6.45) is 9.92. The van der Waals surface area contributed by atoms with Gasteiger partial charge in [-0.3, -0.25) is 19.4 Å². The van der Waals surface area contributed by atoms with E-state index < -0.39 is 6.04 Å². The zero-order valence-corrected chi connectivity index (χ0v) is 19.6. The van der Waals surface area contributed by atoms with Crippen LogP contribution in [0, 0.1) is 0 Å². The van der Waals surface area contributed by atoms with Gasteiger partial charge in [0.2, 0.25) is 11.8 Å². The van der Waals surface area contributed by atoms with E-state index in [1.54, 1.807) is 54.2 Å². The topological polar surface area (TPSA) is 105 Å². The third kappa shape index (κ3) is 6.11. The van der Waals surface area contributed by atoms with Gasteiger partial charge in [-0.15, -0.1) is 11.3 Å². The molecule has 34 heavy (non-hydrogen) atoms. The van der Waals surface area contributed by atoms with Gasteiger partial charge in [-0.25, -0.2) is 0 Å². The number of nitrogens with one attached hydrogen (secondary N) is 2. The van der Waals surface area contributed by atoms with Crippen LogP contribution in [0.4, 0.5) is 0 Å². The molecule has 0 radical (unpaired) electrons. The minimum atomic E-state index is -0.888. The summed E-state index contributed by atoms with van der Waals surface area (Å²) in [5, 5.41) is 7.63. The van der Waals surface area contributed by atoms with E-state index in [1.165, 1.54) is 28.9 Å². The van der Waals surface area contributed by atoms with Crippen molar-refractivity contribution in [2.75, 3.05) is 6.54 Å². The second-order valence-corrected chi connectivity index (χ2v) is 9.24. The van der Waals surface area contributed by atoms with Crippen molar-refractivity contribution in [2.24, 2.45) is 0 Å². The number of amides is 3. The average Bonchev–Trinajstić information content (AvgIpc) is 3.58. The van der Waals surface area contributed by atoms with Gasteiger partial charge in [0.25, 0.3) is 5.91 Å². The smallest absolute Gasteiger partial charge is 0.261 e. The first-order valence-electron chi connectivity index (χ1n) is 11.5. The number of carbonyl (C=O) groups is 3. The molecule has 0 saturated heterocycles. The van der Waals surface area contributed by atoms with E-state index in [1.807, 2.05) is 0 Å². The van der Waals surface area contributed by atoms with Gasteiger partial charge in [-0.1, -0.05) is 25.3 Å². The fourth-order valence-electron chi connectivity index (χ4n) is 4.19. The summed E-state index contributed by atoms with van der Waals surface area (Å²) in [6, 6.07) is 9.64. The molecule has 1 fully saturated rings. The Hall–Kier alpha value is -3.46. The molecular weight excluding hydrogens is 452 g/mol. The summed E-state index contributed by atoms with van der Waals surface area (Å²) >= 11 is 1.30. The van der Waals surface area contributed by atoms with Crippen molar-refractivity contribution in [1.82, 2.24) is 20.5 Å². The molecule has 178 valence electrons. The quantitative estimate of drug-likeness (QED) is 0.486. The van der Waals surface area contributed by atoms with Gasteiger partial charge in [0.05, 0.1) is 24.2 Å². The highest BCUT2D eigenvalue weighted by Crippen LogP contribution is 2.25.